The smallest absolute Gasteiger partial charge is 0.405 e. The molecule has 0 heterocycles. The number of alkyl halides is 3. The van der Waals surface area contributed by atoms with Gasteiger partial charge in [-0.3, -0.25) is 5.41 Å². The molecule has 3 N–H and O–H groups in total. The lowest BCUT2D eigenvalue weighted by molar-refractivity contribution is -0.0584. The minimum Gasteiger partial charge on any atom is -0.405 e. The first kappa shape index (κ1) is 8.00. The van der Waals surface area contributed by atoms with Crippen LogP contribution in [-0.2, 0) is 0 Å². The number of rotatable bonds is 1. The van der Waals surface area contributed by atoms with E-state index in [1.165, 1.54) is 0 Å². The van der Waals surface area contributed by atoms with Gasteiger partial charge in [-0.2, -0.15) is 13.2 Å². The molecule has 9 heavy (non-hydrogen) atoms. The van der Waals surface area contributed by atoms with Gasteiger partial charge in [0, 0.05) is 0 Å². The first-order valence-electron chi connectivity index (χ1n) is 2.02. The first-order chi connectivity index (χ1) is 3.98. The third-order valence-corrected chi connectivity index (χ3v) is 0.568. The van der Waals surface area contributed by atoms with Gasteiger partial charge in [-0.05, 0) is 12.3 Å². The second-order valence-electron chi connectivity index (χ2n) is 1.27. The molecule has 0 unspecified atom stereocenters. The highest BCUT2D eigenvalue weighted by Gasteiger charge is 2.31. The van der Waals surface area contributed by atoms with E-state index in [1.54, 1.807) is 0 Å². The van der Waals surface area contributed by atoms with Crippen LogP contribution in [0.4, 0.5) is 13.2 Å². The Morgan fingerprint density at radius 2 is 1.89 bits per heavy atom. The van der Waals surface area contributed by atoms with Crippen LogP contribution in [0.3, 0.4) is 0 Å². The quantitative estimate of drug-likeness (QED) is 0.522. The van der Waals surface area contributed by atoms with Crippen LogP contribution in [0.5, 0.6) is 0 Å². The average molecular weight is 138 g/mol. The number of halogens is 3. The summed E-state index contributed by atoms with van der Waals surface area (Å²) in [4.78, 5) is 0. The number of hydrogen-bond donors (Lipinski definition) is 2. The van der Waals surface area contributed by atoms with Crippen LogP contribution < -0.4 is 5.73 Å². The fourth-order valence-corrected chi connectivity index (χ4v) is 0.191. The Kier molecular flexibility index (Phi) is 2.24. The van der Waals surface area contributed by atoms with E-state index in [1.807, 2.05) is 0 Å². The SMILES string of the molecule is N=C(/C=C\N)C(F)(F)F. The van der Waals surface area contributed by atoms with Gasteiger partial charge in [0.1, 0.15) is 5.71 Å². The van der Waals surface area contributed by atoms with Crippen LogP contribution in [0.25, 0.3) is 0 Å². The Morgan fingerprint density at radius 1 is 1.44 bits per heavy atom. The molecule has 0 aliphatic heterocycles. The Hall–Kier alpha value is -1.00. The molecule has 0 rings (SSSR count). The lowest BCUT2D eigenvalue weighted by Crippen LogP contribution is -2.19. The third-order valence-electron chi connectivity index (χ3n) is 0.568. The van der Waals surface area contributed by atoms with E-state index in [9.17, 15) is 13.2 Å². The van der Waals surface area contributed by atoms with Crippen molar-refractivity contribution < 1.29 is 13.2 Å². The molecule has 0 atom stereocenters. The van der Waals surface area contributed by atoms with Crippen LogP contribution in [0.2, 0.25) is 0 Å². The van der Waals surface area contributed by atoms with Gasteiger partial charge in [0.25, 0.3) is 0 Å². The maximum Gasteiger partial charge on any atom is 0.432 e. The third kappa shape index (κ3) is 2.73. The highest BCUT2D eigenvalue weighted by Crippen LogP contribution is 2.16. The lowest BCUT2D eigenvalue weighted by atomic mass is 10.3. The number of allylic oxidation sites excluding steroid dienone is 1. The largest absolute Gasteiger partial charge is 0.432 e. The standard InChI is InChI=1S/C4H5F3N2/c5-4(6,7)3(9)1-2-8/h1-2,9H,8H2/b2-1-,9-3?. The van der Waals surface area contributed by atoms with Crippen molar-refractivity contribution in [3.63, 3.8) is 0 Å². The van der Waals surface area contributed by atoms with Crippen molar-refractivity contribution >= 4 is 5.71 Å². The van der Waals surface area contributed by atoms with Crippen LogP contribution in [0.15, 0.2) is 12.3 Å². The van der Waals surface area contributed by atoms with Crippen molar-refractivity contribution in [1.82, 2.24) is 0 Å². The van der Waals surface area contributed by atoms with E-state index in [4.69, 9.17) is 5.41 Å². The molecule has 0 bridgehead atoms. The molecule has 0 aliphatic carbocycles. The summed E-state index contributed by atoms with van der Waals surface area (Å²) in [5.41, 5.74) is 3.16. The molecule has 0 fully saturated rings. The maximum absolute atomic E-state index is 11.3. The van der Waals surface area contributed by atoms with Gasteiger partial charge in [0.05, 0.1) is 0 Å². The minimum atomic E-state index is -4.57. The predicted molar refractivity (Wildman–Crippen MR) is 27.1 cm³/mol. The zero-order valence-electron chi connectivity index (χ0n) is 4.37. The molecule has 0 spiro atoms. The second kappa shape index (κ2) is 2.52. The topological polar surface area (TPSA) is 49.9 Å². The number of nitrogens with one attached hydrogen (secondary N) is 1. The van der Waals surface area contributed by atoms with Crippen molar-refractivity contribution in [1.29, 1.82) is 5.41 Å². The first-order valence-corrected chi connectivity index (χ1v) is 2.02. The van der Waals surface area contributed by atoms with Crippen molar-refractivity contribution in [3.05, 3.63) is 12.3 Å². The summed E-state index contributed by atoms with van der Waals surface area (Å²) >= 11 is 0. The summed E-state index contributed by atoms with van der Waals surface area (Å²) in [6.07, 6.45) is -3.41. The summed E-state index contributed by atoms with van der Waals surface area (Å²) in [6.45, 7) is 0. The van der Waals surface area contributed by atoms with E-state index in [2.05, 4.69) is 5.73 Å². The molecule has 0 aromatic heterocycles. The molecule has 2 nitrogen and oxygen atoms in total. The molecule has 0 radical (unpaired) electrons. The highest BCUT2D eigenvalue weighted by atomic mass is 19.4. The van der Waals surface area contributed by atoms with Crippen molar-refractivity contribution in [2.45, 2.75) is 6.18 Å². The zero-order valence-corrected chi connectivity index (χ0v) is 4.37. The molecule has 0 aromatic carbocycles. The number of hydrogen-bond acceptors (Lipinski definition) is 2. The second-order valence-corrected chi connectivity index (χ2v) is 1.27. The van der Waals surface area contributed by atoms with Gasteiger partial charge in [-0.1, -0.05) is 0 Å². The Balaban J connectivity index is 4.06. The molecule has 0 amide bonds. The average Bonchev–Trinajstić information content (AvgIpc) is 1.64. The fraction of sp³-hybridized carbons (Fsp3) is 0.250. The predicted octanol–water partition coefficient (Wildman–Crippen LogP) is 1.04. The summed E-state index contributed by atoms with van der Waals surface area (Å²) in [5, 5.41) is 6.25. The minimum absolute atomic E-state index is 0.486. The molecule has 5 heteroatoms. The molecule has 0 saturated heterocycles. The maximum atomic E-state index is 11.3. The summed E-state index contributed by atoms with van der Waals surface area (Å²) in [6, 6.07) is 0. The summed E-state index contributed by atoms with van der Waals surface area (Å²) < 4.78 is 33.9. The molecule has 0 saturated carbocycles. The molecular weight excluding hydrogens is 133 g/mol. The van der Waals surface area contributed by atoms with Gasteiger partial charge in [0.15, 0.2) is 0 Å². The lowest BCUT2D eigenvalue weighted by Gasteiger charge is -2.00. The van der Waals surface area contributed by atoms with Crippen molar-refractivity contribution in [3.8, 4) is 0 Å². The molecule has 0 aromatic rings. The Morgan fingerprint density at radius 3 is 2.00 bits per heavy atom. The van der Waals surface area contributed by atoms with Gasteiger partial charge in [-0.15, -0.1) is 0 Å². The van der Waals surface area contributed by atoms with Crippen molar-refractivity contribution in [2.75, 3.05) is 0 Å². The fourth-order valence-electron chi connectivity index (χ4n) is 0.191. The Bertz CT molecular complexity index is 135. The number of nitrogens with two attached hydrogens (primary N) is 1. The molecule has 52 valence electrons. The van der Waals surface area contributed by atoms with Gasteiger partial charge < -0.3 is 5.73 Å². The zero-order chi connectivity index (χ0) is 7.49. The van der Waals surface area contributed by atoms with E-state index in [-0.39, 0.29) is 0 Å². The molecular formula is C4H5F3N2. The van der Waals surface area contributed by atoms with Crippen molar-refractivity contribution in [2.24, 2.45) is 5.73 Å². The molecule has 0 aliphatic rings. The highest BCUT2D eigenvalue weighted by molar-refractivity contribution is 5.96. The summed E-state index contributed by atoms with van der Waals surface area (Å²) in [5.74, 6) is 0. The van der Waals surface area contributed by atoms with Gasteiger partial charge >= 0.3 is 6.18 Å². The van der Waals surface area contributed by atoms with E-state index in [0.717, 1.165) is 0 Å². The van der Waals surface area contributed by atoms with Crippen LogP contribution >= 0.6 is 0 Å². The van der Waals surface area contributed by atoms with Crippen LogP contribution in [0.1, 0.15) is 0 Å². The monoisotopic (exact) mass is 138 g/mol. The summed E-state index contributed by atoms with van der Waals surface area (Å²) in [7, 11) is 0. The van der Waals surface area contributed by atoms with Gasteiger partial charge in [-0.25, -0.2) is 0 Å². The van der Waals surface area contributed by atoms with E-state index in [0.29, 0.717) is 12.3 Å². The van der Waals surface area contributed by atoms with E-state index < -0.39 is 11.9 Å². The van der Waals surface area contributed by atoms with Crippen LogP contribution in [-0.4, -0.2) is 11.9 Å². The van der Waals surface area contributed by atoms with E-state index >= 15 is 0 Å². The Labute approximate surface area is 49.7 Å². The van der Waals surface area contributed by atoms with Crippen LogP contribution in [0, 0.1) is 5.41 Å². The van der Waals surface area contributed by atoms with Gasteiger partial charge in [0.2, 0.25) is 0 Å². The normalized spacial score (nSPS) is 12.3.